The van der Waals surface area contributed by atoms with E-state index < -0.39 is 5.97 Å². The molecule has 7 heteroatoms. The highest BCUT2D eigenvalue weighted by atomic mass is 79.9. The van der Waals surface area contributed by atoms with Crippen LogP contribution in [0.2, 0.25) is 0 Å². The normalized spacial score (nSPS) is 10.2. The number of anilines is 1. The Balaban J connectivity index is 2.48. The van der Waals surface area contributed by atoms with Gasteiger partial charge in [-0.25, -0.2) is 14.8 Å². The standard InChI is InChI=1S/C10H8BrN3O3/c1-12-8-5(10(15)16)4-13-9(14-8)6-2-3-7(11)17-6/h2-4H,1H3,(H,15,16)(H,12,13,14). The number of hydrogen-bond acceptors (Lipinski definition) is 5. The fraction of sp³-hybridized carbons (Fsp3) is 0.100. The Kier molecular flexibility index (Phi) is 3.10. The molecule has 2 aromatic heterocycles. The molecule has 0 aliphatic heterocycles. The molecule has 6 nitrogen and oxygen atoms in total. The largest absolute Gasteiger partial charge is 0.477 e. The van der Waals surface area contributed by atoms with Crippen molar-refractivity contribution in [3.8, 4) is 11.6 Å². The van der Waals surface area contributed by atoms with Gasteiger partial charge in [-0.05, 0) is 28.1 Å². The van der Waals surface area contributed by atoms with Crippen molar-refractivity contribution in [3.63, 3.8) is 0 Å². The lowest BCUT2D eigenvalue weighted by molar-refractivity contribution is 0.0697. The number of carbonyl (C=O) groups is 1. The Morgan fingerprint density at radius 2 is 2.29 bits per heavy atom. The summed E-state index contributed by atoms with van der Waals surface area (Å²) in [6.07, 6.45) is 1.24. The predicted octanol–water partition coefficient (Wildman–Crippen LogP) is 2.24. The van der Waals surface area contributed by atoms with E-state index >= 15 is 0 Å². The maximum Gasteiger partial charge on any atom is 0.341 e. The number of carboxylic acids is 1. The maximum absolute atomic E-state index is 10.9. The van der Waals surface area contributed by atoms with E-state index in [9.17, 15) is 4.79 Å². The molecule has 0 bridgehead atoms. The van der Waals surface area contributed by atoms with Crippen molar-refractivity contribution in [1.29, 1.82) is 0 Å². The highest BCUT2D eigenvalue weighted by Crippen LogP contribution is 2.23. The van der Waals surface area contributed by atoms with Crippen molar-refractivity contribution in [2.75, 3.05) is 12.4 Å². The van der Waals surface area contributed by atoms with Gasteiger partial charge in [0.15, 0.2) is 16.3 Å². The lowest BCUT2D eigenvalue weighted by Crippen LogP contribution is -2.06. The predicted molar refractivity (Wildman–Crippen MR) is 63.9 cm³/mol. The molecule has 0 unspecified atom stereocenters. The second kappa shape index (κ2) is 4.54. The van der Waals surface area contributed by atoms with Crippen molar-refractivity contribution >= 4 is 27.7 Å². The van der Waals surface area contributed by atoms with E-state index in [1.807, 2.05) is 0 Å². The van der Waals surface area contributed by atoms with Crippen LogP contribution < -0.4 is 5.32 Å². The monoisotopic (exact) mass is 297 g/mol. The van der Waals surface area contributed by atoms with Gasteiger partial charge in [0.1, 0.15) is 11.4 Å². The first-order valence-corrected chi connectivity index (χ1v) is 5.45. The zero-order valence-electron chi connectivity index (χ0n) is 8.77. The van der Waals surface area contributed by atoms with Crippen LogP contribution in [0.5, 0.6) is 0 Å². The van der Waals surface area contributed by atoms with Crippen molar-refractivity contribution in [2.45, 2.75) is 0 Å². The van der Waals surface area contributed by atoms with Gasteiger partial charge in [-0.1, -0.05) is 0 Å². The van der Waals surface area contributed by atoms with Crippen molar-refractivity contribution in [3.05, 3.63) is 28.6 Å². The summed E-state index contributed by atoms with van der Waals surface area (Å²) in [5, 5.41) is 11.6. The van der Waals surface area contributed by atoms with E-state index in [0.29, 0.717) is 16.3 Å². The minimum absolute atomic E-state index is 0.0156. The Hall–Kier alpha value is -1.89. The van der Waals surface area contributed by atoms with E-state index in [4.69, 9.17) is 9.52 Å². The fourth-order valence-electron chi connectivity index (χ4n) is 1.28. The number of rotatable bonds is 3. The summed E-state index contributed by atoms with van der Waals surface area (Å²) in [5.41, 5.74) is 0.0156. The van der Waals surface area contributed by atoms with Crippen LogP contribution in [0.4, 0.5) is 5.82 Å². The van der Waals surface area contributed by atoms with Gasteiger partial charge in [-0.2, -0.15) is 0 Å². The second-order valence-corrected chi connectivity index (χ2v) is 3.90. The van der Waals surface area contributed by atoms with Gasteiger partial charge < -0.3 is 14.8 Å². The molecular formula is C10H8BrN3O3. The first-order chi connectivity index (χ1) is 8.11. The number of nitrogens with one attached hydrogen (secondary N) is 1. The smallest absolute Gasteiger partial charge is 0.341 e. The third kappa shape index (κ3) is 2.28. The van der Waals surface area contributed by atoms with E-state index in [-0.39, 0.29) is 11.4 Å². The third-order valence-electron chi connectivity index (χ3n) is 2.05. The molecule has 0 saturated carbocycles. The molecule has 0 spiro atoms. The van der Waals surface area contributed by atoms with Gasteiger partial charge in [0.05, 0.1) is 0 Å². The lowest BCUT2D eigenvalue weighted by Gasteiger charge is -2.04. The topological polar surface area (TPSA) is 88.3 Å². The number of nitrogens with zero attached hydrogens (tertiary/aromatic N) is 2. The van der Waals surface area contributed by atoms with Crippen molar-refractivity contribution in [1.82, 2.24) is 9.97 Å². The molecule has 0 saturated heterocycles. The molecule has 0 amide bonds. The summed E-state index contributed by atoms with van der Waals surface area (Å²) in [5.74, 6) is -0.0492. The minimum atomic E-state index is -1.08. The Morgan fingerprint density at radius 1 is 1.53 bits per heavy atom. The SMILES string of the molecule is CNc1nc(-c2ccc(Br)o2)ncc1C(=O)O. The van der Waals surface area contributed by atoms with Crippen LogP contribution in [0, 0.1) is 0 Å². The van der Waals surface area contributed by atoms with Crippen LogP contribution >= 0.6 is 15.9 Å². The average Bonchev–Trinajstić information content (AvgIpc) is 2.75. The van der Waals surface area contributed by atoms with Gasteiger partial charge in [0.2, 0.25) is 0 Å². The molecule has 0 aromatic carbocycles. The quantitative estimate of drug-likeness (QED) is 0.903. The molecule has 0 atom stereocenters. The number of hydrogen-bond donors (Lipinski definition) is 2. The van der Waals surface area contributed by atoms with Crippen LogP contribution in [-0.4, -0.2) is 28.1 Å². The molecule has 2 heterocycles. The molecule has 2 rings (SSSR count). The van der Waals surface area contributed by atoms with E-state index in [1.54, 1.807) is 19.2 Å². The molecule has 17 heavy (non-hydrogen) atoms. The molecule has 0 aliphatic carbocycles. The summed E-state index contributed by atoms with van der Waals surface area (Å²) in [4.78, 5) is 18.9. The summed E-state index contributed by atoms with van der Waals surface area (Å²) in [6.45, 7) is 0. The molecular weight excluding hydrogens is 290 g/mol. The molecule has 88 valence electrons. The summed E-state index contributed by atoms with van der Waals surface area (Å²) >= 11 is 3.17. The minimum Gasteiger partial charge on any atom is -0.477 e. The van der Waals surface area contributed by atoms with E-state index in [0.717, 1.165) is 0 Å². The molecule has 0 aliphatic rings. The number of carboxylic acid groups (broad SMARTS) is 1. The number of aromatic carboxylic acids is 1. The van der Waals surface area contributed by atoms with Crippen molar-refractivity contribution in [2.24, 2.45) is 0 Å². The van der Waals surface area contributed by atoms with E-state index in [1.165, 1.54) is 6.20 Å². The lowest BCUT2D eigenvalue weighted by atomic mass is 10.3. The maximum atomic E-state index is 10.9. The molecule has 2 N–H and O–H groups in total. The Labute approximate surface area is 105 Å². The number of aromatic nitrogens is 2. The molecule has 2 aromatic rings. The van der Waals surface area contributed by atoms with Gasteiger partial charge in [-0.15, -0.1) is 0 Å². The van der Waals surface area contributed by atoms with E-state index in [2.05, 4.69) is 31.2 Å². The fourth-order valence-corrected chi connectivity index (χ4v) is 1.59. The van der Waals surface area contributed by atoms with Crippen LogP contribution in [0.3, 0.4) is 0 Å². The summed E-state index contributed by atoms with van der Waals surface area (Å²) in [7, 11) is 1.59. The third-order valence-corrected chi connectivity index (χ3v) is 2.48. The molecule has 0 fully saturated rings. The Bertz CT molecular complexity index is 568. The van der Waals surface area contributed by atoms with Gasteiger partial charge >= 0.3 is 5.97 Å². The van der Waals surface area contributed by atoms with Crippen molar-refractivity contribution < 1.29 is 14.3 Å². The highest BCUT2D eigenvalue weighted by Gasteiger charge is 2.14. The van der Waals surface area contributed by atoms with Gasteiger partial charge in [0.25, 0.3) is 0 Å². The average molecular weight is 298 g/mol. The van der Waals surface area contributed by atoms with Gasteiger partial charge in [0, 0.05) is 13.2 Å². The first-order valence-electron chi connectivity index (χ1n) is 4.65. The number of halogens is 1. The van der Waals surface area contributed by atoms with Gasteiger partial charge in [-0.3, -0.25) is 0 Å². The first kappa shape index (κ1) is 11.6. The van der Waals surface area contributed by atoms with Crippen LogP contribution in [-0.2, 0) is 0 Å². The van der Waals surface area contributed by atoms with Crippen LogP contribution in [0.1, 0.15) is 10.4 Å². The summed E-state index contributed by atoms with van der Waals surface area (Å²) in [6, 6.07) is 3.40. The van der Waals surface area contributed by atoms with Crippen LogP contribution in [0.25, 0.3) is 11.6 Å². The summed E-state index contributed by atoms with van der Waals surface area (Å²) < 4.78 is 5.85. The zero-order chi connectivity index (χ0) is 12.4. The molecule has 0 radical (unpaired) electrons. The zero-order valence-corrected chi connectivity index (χ0v) is 10.4. The van der Waals surface area contributed by atoms with Crippen LogP contribution in [0.15, 0.2) is 27.4 Å². The highest BCUT2D eigenvalue weighted by molar-refractivity contribution is 9.10. The Morgan fingerprint density at radius 3 is 2.82 bits per heavy atom. The number of furan rings is 1. The second-order valence-electron chi connectivity index (χ2n) is 3.11.